The van der Waals surface area contributed by atoms with Crippen LogP contribution >= 0.6 is 39.1 Å². The molecule has 6 heteroatoms. The molecule has 2 aromatic rings. The summed E-state index contributed by atoms with van der Waals surface area (Å²) in [5.74, 6) is -0.308. The number of benzene rings is 2. The molecule has 0 aromatic heterocycles. The van der Waals surface area contributed by atoms with E-state index in [1.807, 2.05) is 0 Å². The predicted octanol–water partition coefficient (Wildman–Crippen LogP) is 4.59. The highest BCUT2D eigenvalue weighted by Gasteiger charge is 2.11. The first-order valence-corrected chi connectivity index (χ1v) is 6.83. The minimum absolute atomic E-state index is 0.308. The van der Waals surface area contributed by atoms with Crippen molar-refractivity contribution in [3.63, 3.8) is 0 Å². The molecule has 0 bridgehead atoms. The molecule has 0 radical (unpaired) electrons. The lowest BCUT2D eigenvalue weighted by atomic mass is 10.2. The van der Waals surface area contributed by atoms with Crippen LogP contribution in [-0.4, -0.2) is 5.91 Å². The molecule has 0 saturated heterocycles. The first-order chi connectivity index (χ1) is 8.97. The summed E-state index contributed by atoms with van der Waals surface area (Å²) in [4.78, 5) is 12.1. The first kappa shape index (κ1) is 14.2. The third-order valence-corrected chi connectivity index (χ3v) is 4.00. The Balaban J connectivity index is 2.28. The van der Waals surface area contributed by atoms with Crippen LogP contribution in [0.15, 0.2) is 40.9 Å². The number of anilines is 2. The maximum absolute atomic E-state index is 12.1. The average molecular weight is 360 g/mol. The van der Waals surface area contributed by atoms with Crippen LogP contribution in [0.5, 0.6) is 0 Å². The topological polar surface area (TPSA) is 55.1 Å². The van der Waals surface area contributed by atoms with Crippen LogP contribution < -0.4 is 11.1 Å². The van der Waals surface area contributed by atoms with Crippen LogP contribution in [0.2, 0.25) is 10.0 Å². The van der Waals surface area contributed by atoms with Gasteiger partial charge in [-0.15, -0.1) is 0 Å². The van der Waals surface area contributed by atoms with Gasteiger partial charge in [-0.05, 0) is 46.3 Å². The van der Waals surface area contributed by atoms with Gasteiger partial charge >= 0.3 is 0 Å². The smallest absolute Gasteiger partial charge is 0.255 e. The third-order valence-electron chi connectivity index (χ3n) is 2.38. The number of amides is 1. The fourth-order valence-electron chi connectivity index (χ4n) is 1.54. The maximum atomic E-state index is 12.1. The largest absolute Gasteiger partial charge is 0.399 e. The van der Waals surface area contributed by atoms with Crippen molar-refractivity contribution in [3.05, 3.63) is 56.5 Å². The number of carbonyl (C=O) groups is 1. The number of nitrogens with one attached hydrogen (secondary N) is 1. The van der Waals surface area contributed by atoms with Gasteiger partial charge in [-0.3, -0.25) is 4.79 Å². The Morgan fingerprint density at radius 3 is 2.63 bits per heavy atom. The highest BCUT2D eigenvalue weighted by atomic mass is 79.9. The van der Waals surface area contributed by atoms with E-state index in [4.69, 9.17) is 28.9 Å². The number of nitrogens with two attached hydrogens (primary N) is 1. The molecule has 0 atom stereocenters. The first-order valence-electron chi connectivity index (χ1n) is 5.29. The van der Waals surface area contributed by atoms with Gasteiger partial charge in [0.2, 0.25) is 0 Å². The van der Waals surface area contributed by atoms with E-state index in [0.717, 1.165) is 0 Å². The molecule has 0 spiro atoms. The summed E-state index contributed by atoms with van der Waals surface area (Å²) in [7, 11) is 0. The molecule has 3 nitrogen and oxygen atoms in total. The number of carbonyl (C=O) groups excluding carboxylic acids is 1. The summed E-state index contributed by atoms with van der Waals surface area (Å²) in [6.07, 6.45) is 0. The summed E-state index contributed by atoms with van der Waals surface area (Å²) in [6, 6.07) is 9.88. The Kier molecular flexibility index (Phi) is 4.34. The van der Waals surface area contributed by atoms with E-state index in [1.54, 1.807) is 36.4 Å². The standard InChI is InChI=1S/C13H9BrCl2N2O/c14-12-10(16)2-1-3-11(12)18-13(19)7-4-8(15)6-9(17)5-7/h1-6H,17H2,(H,18,19). The summed E-state index contributed by atoms with van der Waals surface area (Å²) in [5.41, 5.74) is 7.05. The van der Waals surface area contributed by atoms with Gasteiger partial charge in [0.25, 0.3) is 5.91 Å². The highest BCUT2D eigenvalue weighted by molar-refractivity contribution is 9.10. The second-order valence-electron chi connectivity index (χ2n) is 3.83. The van der Waals surface area contributed by atoms with Crippen LogP contribution in [-0.2, 0) is 0 Å². The van der Waals surface area contributed by atoms with Gasteiger partial charge in [0.1, 0.15) is 0 Å². The van der Waals surface area contributed by atoms with E-state index in [1.165, 1.54) is 0 Å². The number of rotatable bonds is 2. The van der Waals surface area contributed by atoms with Crippen molar-refractivity contribution in [2.24, 2.45) is 0 Å². The van der Waals surface area contributed by atoms with Crippen molar-refractivity contribution in [2.75, 3.05) is 11.1 Å². The number of hydrogen-bond donors (Lipinski definition) is 2. The van der Waals surface area contributed by atoms with Crippen LogP contribution in [0.1, 0.15) is 10.4 Å². The van der Waals surface area contributed by atoms with Crippen molar-refractivity contribution in [3.8, 4) is 0 Å². The average Bonchev–Trinajstić information content (AvgIpc) is 2.33. The van der Waals surface area contributed by atoms with E-state index in [9.17, 15) is 4.79 Å². The van der Waals surface area contributed by atoms with E-state index in [-0.39, 0.29) is 5.91 Å². The normalized spacial score (nSPS) is 10.3. The minimum atomic E-state index is -0.308. The second kappa shape index (κ2) is 5.82. The number of hydrogen-bond acceptors (Lipinski definition) is 2. The zero-order valence-electron chi connectivity index (χ0n) is 9.58. The lowest BCUT2D eigenvalue weighted by Gasteiger charge is -2.09. The lowest BCUT2D eigenvalue weighted by molar-refractivity contribution is 0.102. The molecule has 0 unspecified atom stereocenters. The second-order valence-corrected chi connectivity index (χ2v) is 5.47. The number of nitrogen functional groups attached to an aromatic ring is 1. The van der Waals surface area contributed by atoms with Crippen LogP contribution in [0.3, 0.4) is 0 Å². The van der Waals surface area contributed by atoms with Gasteiger partial charge in [-0.2, -0.15) is 0 Å². The molecule has 3 N–H and O–H groups in total. The Morgan fingerprint density at radius 1 is 1.21 bits per heavy atom. The molecule has 19 heavy (non-hydrogen) atoms. The molecular weight excluding hydrogens is 351 g/mol. The molecule has 2 rings (SSSR count). The zero-order valence-corrected chi connectivity index (χ0v) is 12.7. The summed E-state index contributed by atoms with van der Waals surface area (Å²) >= 11 is 15.1. The van der Waals surface area contributed by atoms with Gasteiger partial charge in [0.15, 0.2) is 0 Å². The van der Waals surface area contributed by atoms with Gasteiger partial charge in [0.05, 0.1) is 15.2 Å². The van der Waals surface area contributed by atoms with Crippen LogP contribution in [0.25, 0.3) is 0 Å². The van der Waals surface area contributed by atoms with E-state index in [2.05, 4.69) is 21.2 Å². The number of halogens is 3. The SMILES string of the molecule is Nc1cc(Cl)cc(C(=O)Nc2cccc(Cl)c2Br)c1. The van der Waals surface area contributed by atoms with Gasteiger partial charge in [-0.1, -0.05) is 29.3 Å². The molecule has 0 aliphatic rings. The monoisotopic (exact) mass is 358 g/mol. The van der Waals surface area contributed by atoms with Crippen molar-refractivity contribution < 1.29 is 4.79 Å². The third kappa shape index (κ3) is 3.41. The van der Waals surface area contributed by atoms with E-state index >= 15 is 0 Å². The van der Waals surface area contributed by atoms with Gasteiger partial charge in [0, 0.05) is 16.3 Å². The Hall–Kier alpha value is -1.23. The quantitative estimate of drug-likeness (QED) is 0.770. The summed E-state index contributed by atoms with van der Waals surface area (Å²) in [5, 5.41) is 3.67. The molecule has 1 amide bonds. The van der Waals surface area contributed by atoms with Crippen molar-refractivity contribution in [1.82, 2.24) is 0 Å². The fraction of sp³-hybridized carbons (Fsp3) is 0. The van der Waals surface area contributed by atoms with Crippen molar-refractivity contribution in [2.45, 2.75) is 0 Å². The van der Waals surface area contributed by atoms with Crippen molar-refractivity contribution in [1.29, 1.82) is 0 Å². The molecule has 2 aromatic carbocycles. The summed E-state index contributed by atoms with van der Waals surface area (Å²) < 4.78 is 0.625. The fourth-order valence-corrected chi connectivity index (χ4v) is 2.32. The van der Waals surface area contributed by atoms with Crippen LogP contribution in [0.4, 0.5) is 11.4 Å². The molecule has 0 saturated carbocycles. The predicted molar refractivity (Wildman–Crippen MR) is 83.0 cm³/mol. The Bertz CT molecular complexity index is 626. The minimum Gasteiger partial charge on any atom is -0.399 e. The molecule has 98 valence electrons. The Labute approximate surface area is 128 Å². The van der Waals surface area contributed by atoms with E-state index < -0.39 is 0 Å². The van der Waals surface area contributed by atoms with Gasteiger partial charge < -0.3 is 11.1 Å². The van der Waals surface area contributed by atoms with Crippen LogP contribution in [0, 0.1) is 0 Å². The Morgan fingerprint density at radius 2 is 1.95 bits per heavy atom. The molecule has 0 fully saturated rings. The molecule has 0 aliphatic heterocycles. The van der Waals surface area contributed by atoms with Gasteiger partial charge in [-0.25, -0.2) is 0 Å². The lowest BCUT2D eigenvalue weighted by Crippen LogP contribution is -2.12. The molecule has 0 heterocycles. The van der Waals surface area contributed by atoms with Crippen molar-refractivity contribution >= 4 is 56.4 Å². The zero-order chi connectivity index (χ0) is 14.0. The molecular formula is C13H9BrCl2N2O. The highest BCUT2D eigenvalue weighted by Crippen LogP contribution is 2.30. The van der Waals surface area contributed by atoms with E-state index in [0.29, 0.717) is 31.5 Å². The maximum Gasteiger partial charge on any atom is 0.255 e. The molecule has 0 aliphatic carbocycles. The summed E-state index contributed by atoms with van der Waals surface area (Å²) in [6.45, 7) is 0.